The smallest absolute Gasteiger partial charge is 0.255 e. The molecule has 0 aliphatic rings. The molecule has 1 N–H and O–H groups in total. The molecule has 24 heavy (non-hydrogen) atoms. The van der Waals surface area contributed by atoms with Gasteiger partial charge < -0.3 is 5.32 Å². The van der Waals surface area contributed by atoms with Crippen molar-refractivity contribution in [2.45, 2.75) is 20.4 Å². The van der Waals surface area contributed by atoms with Gasteiger partial charge in [0.05, 0.1) is 23.6 Å². The SMILES string of the molecule is Cc1nn(Cc2ccc(Cl)cc2)c(C)c1NC(=O)c1ccccc1. The molecule has 1 heterocycles. The number of hydrogen-bond donors (Lipinski definition) is 1. The van der Waals surface area contributed by atoms with Gasteiger partial charge in [-0.3, -0.25) is 9.48 Å². The first-order valence-electron chi connectivity index (χ1n) is 7.69. The zero-order valence-electron chi connectivity index (χ0n) is 13.6. The number of amides is 1. The average Bonchev–Trinajstić information content (AvgIpc) is 2.85. The number of anilines is 1. The summed E-state index contributed by atoms with van der Waals surface area (Å²) in [6, 6.07) is 16.8. The molecule has 4 nitrogen and oxygen atoms in total. The molecule has 1 amide bonds. The standard InChI is InChI=1S/C19H18ClN3O/c1-13-18(21-19(24)16-6-4-3-5-7-16)14(2)23(22-13)12-15-8-10-17(20)11-9-15/h3-11H,12H2,1-2H3,(H,21,24). The zero-order chi connectivity index (χ0) is 17.1. The van der Waals surface area contributed by atoms with Crippen LogP contribution in [0.3, 0.4) is 0 Å². The minimum absolute atomic E-state index is 0.132. The van der Waals surface area contributed by atoms with E-state index in [1.165, 1.54) is 0 Å². The Morgan fingerprint density at radius 3 is 2.42 bits per heavy atom. The third-order valence-corrected chi connectivity index (χ3v) is 4.15. The molecule has 3 aromatic rings. The summed E-state index contributed by atoms with van der Waals surface area (Å²) < 4.78 is 1.89. The maximum absolute atomic E-state index is 12.4. The molecule has 122 valence electrons. The fourth-order valence-corrected chi connectivity index (χ4v) is 2.70. The van der Waals surface area contributed by atoms with Crippen molar-refractivity contribution in [1.29, 1.82) is 0 Å². The van der Waals surface area contributed by atoms with Crippen LogP contribution in [-0.2, 0) is 6.54 Å². The number of rotatable bonds is 4. The highest BCUT2D eigenvalue weighted by molar-refractivity contribution is 6.30. The van der Waals surface area contributed by atoms with Crippen LogP contribution in [0.15, 0.2) is 54.6 Å². The second-order valence-electron chi connectivity index (χ2n) is 5.65. The maximum Gasteiger partial charge on any atom is 0.255 e. The van der Waals surface area contributed by atoms with Crippen molar-refractivity contribution in [3.63, 3.8) is 0 Å². The normalized spacial score (nSPS) is 10.6. The summed E-state index contributed by atoms with van der Waals surface area (Å²) in [5.74, 6) is -0.132. The number of nitrogens with one attached hydrogen (secondary N) is 1. The number of nitrogens with zero attached hydrogens (tertiary/aromatic N) is 2. The van der Waals surface area contributed by atoms with E-state index >= 15 is 0 Å². The van der Waals surface area contributed by atoms with Gasteiger partial charge in [-0.1, -0.05) is 41.9 Å². The van der Waals surface area contributed by atoms with Gasteiger partial charge >= 0.3 is 0 Å². The van der Waals surface area contributed by atoms with Gasteiger partial charge in [-0.05, 0) is 43.7 Å². The van der Waals surface area contributed by atoms with Crippen LogP contribution in [0.1, 0.15) is 27.3 Å². The first-order chi connectivity index (χ1) is 11.5. The molecule has 0 fully saturated rings. The van der Waals surface area contributed by atoms with Crippen LogP contribution in [0, 0.1) is 13.8 Å². The molecular formula is C19H18ClN3O. The molecule has 3 rings (SSSR count). The molecule has 0 aliphatic carbocycles. The minimum Gasteiger partial charge on any atom is -0.319 e. The second-order valence-corrected chi connectivity index (χ2v) is 6.09. The Balaban J connectivity index is 1.81. The quantitative estimate of drug-likeness (QED) is 0.763. The number of halogens is 1. The molecule has 1 aromatic heterocycles. The van der Waals surface area contributed by atoms with Gasteiger partial charge in [0.2, 0.25) is 0 Å². The number of benzene rings is 2. The molecule has 0 atom stereocenters. The molecule has 0 saturated heterocycles. The van der Waals surface area contributed by atoms with Gasteiger partial charge in [-0.2, -0.15) is 5.10 Å². The fraction of sp³-hybridized carbons (Fsp3) is 0.158. The van der Waals surface area contributed by atoms with E-state index in [1.54, 1.807) is 12.1 Å². The van der Waals surface area contributed by atoms with Gasteiger partial charge in [-0.25, -0.2) is 0 Å². The van der Waals surface area contributed by atoms with Gasteiger partial charge in [0.15, 0.2) is 0 Å². The Morgan fingerprint density at radius 2 is 1.75 bits per heavy atom. The largest absolute Gasteiger partial charge is 0.319 e. The van der Waals surface area contributed by atoms with Crippen molar-refractivity contribution in [3.8, 4) is 0 Å². The zero-order valence-corrected chi connectivity index (χ0v) is 14.3. The van der Waals surface area contributed by atoms with Crippen LogP contribution in [0.4, 0.5) is 5.69 Å². The van der Waals surface area contributed by atoms with E-state index in [9.17, 15) is 4.79 Å². The average molecular weight is 340 g/mol. The van der Waals surface area contributed by atoms with E-state index in [1.807, 2.05) is 61.0 Å². The lowest BCUT2D eigenvalue weighted by atomic mass is 10.2. The number of carbonyl (C=O) groups excluding carboxylic acids is 1. The van der Waals surface area contributed by atoms with Crippen LogP contribution in [0.2, 0.25) is 5.02 Å². The number of aromatic nitrogens is 2. The van der Waals surface area contributed by atoms with Crippen molar-refractivity contribution in [2.75, 3.05) is 5.32 Å². The molecule has 0 saturated carbocycles. The van der Waals surface area contributed by atoms with Crippen LogP contribution in [0.5, 0.6) is 0 Å². The Bertz CT molecular complexity index is 854. The van der Waals surface area contributed by atoms with Crippen molar-refractivity contribution in [2.24, 2.45) is 0 Å². The topological polar surface area (TPSA) is 46.9 Å². The van der Waals surface area contributed by atoms with Crippen LogP contribution < -0.4 is 5.32 Å². The lowest BCUT2D eigenvalue weighted by Crippen LogP contribution is -2.13. The lowest BCUT2D eigenvalue weighted by Gasteiger charge is -2.07. The summed E-state index contributed by atoms with van der Waals surface area (Å²) in [4.78, 5) is 12.4. The summed E-state index contributed by atoms with van der Waals surface area (Å²) in [6.07, 6.45) is 0. The van der Waals surface area contributed by atoms with E-state index in [4.69, 9.17) is 11.6 Å². The number of hydrogen-bond acceptors (Lipinski definition) is 2. The van der Waals surface area contributed by atoms with Crippen LogP contribution in [-0.4, -0.2) is 15.7 Å². The number of carbonyl (C=O) groups is 1. The summed E-state index contributed by atoms with van der Waals surface area (Å²) in [5.41, 5.74) is 4.21. The molecule has 2 aromatic carbocycles. The van der Waals surface area contributed by atoms with E-state index in [-0.39, 0.29) is 5.91 Å². The Kier molecular flexibility index (Phi) is 4.67. The molecule has 0 aliphatic heterocycles. The first kappa shape index (κ1) is 16.3. The monoisotopic (exact) mass is 339 g/mol. The maximum atomic E-state index is 12.4. The molecular weight excluding hydrogens is 322 g/mol. The molecule has 0 radical (unpaired) electrons. The number of aryl methyl sites for hydroxylation is 1. The third kappa shape index (κ3) is 3.49. The van der Waals surface area contributed by atoms with E-state index in [0.29, 0.717) is 17.1 Å². The molecule has 5 heteroatoms. The Hall–Kier alpha value is -2.59. The van der Waals surface area contributed by atoms with Gasteiger partial charge in [-0.15, -0.1) is 0 Å². The van der Waals surface area contributed by atoms with E-state index in [0.717, 1.165) is 22.6 Å². The minimum atomic E-state index is -0.132. The highest BCUT2D eigenvalue weighted by Gasteiger charge is 2.15. The third-order valence-electron chi connectivity index (χ3n) is 3.90. The van der Waals surface area contributed by atoms with Gasteiger partial charge in [0.25, 0.3) is 5.91 Å². The Morgan fingerprint density at radius 1 is 1.08 bits per heavy atom. The predicted octanol–water partition coefficient (Wildman–Crippen LogP) is 4.45. The predicted molar refractivity (Wildman–Crippen MR) is 96.7 cm³/mol. The van der Waals surface area contributed by atoms with Crippen molar-refractivity contribution < 1.29 is 4.79 Å². The van der Waals surface area contributed by atoms with E-state index in [2.05, 4.69) is 10.4 Å². The second kappa shape index (κ2) is 6.89. The van der Waals surface area contributed by atoms with Crippen LogP contribution >= 0.6 is 11.6 Å². The fourth-order valence-electron chi connectivity index (χ4n) is 2.57. The van der Waals surface area contributed by atoms with Gasteiger partial charge in [0, 0.05) is 10.6 Å². The first-order valence-corrected chi connectivity index (χ1v) is 8.07. The molecule has 0 bridgehead atoms. The highest BCUT2D eigenvalue weighted by atomic mass is 35.5. The van der Waals surface area contributed by atoms with E-state index < -0.39 is 0 Å². The summed E-state index contributed by atoms with van der Waals surface area (Å²) in [6.45, 7) is 4.48. The summed E-state index contributed by atoms with van der Waals surface area (Å²) >= 11 is 5.92. The van der Waals surface area contributed by atoms with Crippen molar-refractivity contribution in [3.05, 3.63) is 82.1 Å². The molecule has 0 unspecified atom stereocenters. The lowest BCUT2D eigenvalue weighted by molar-refractivity contribution is 0.102. The highest BCUT2D eigenvalue weighted by Crippen LogP contribution is 2.21. The summed E-state index contributed by atoms with van der Waals surface area (Å²) in [7, 11) is 0. The van der Waals surface area contributed by atoms with Gasteiger partial charge in [0.1, 0.15) is 0 Å². The summed E-state index contributed by atoms with van der Waals surface area (Å²) in [5, 5.41) is 8.22. The van der Waals surface area contributed by atoms with Crippen LogP contribution in [0.25, 0.3) is 0 Å². The van der Waals surface area contributed by atoms with Crippen molar-refractivity contribution >= 4 is 23.2 Å². The Labute approximate surface area is 146 Å². The van der Waals surface area contributed by atoms with Crippen molar-refractivity contribution in [1.82, 2.24) is 9.78 Å². The molecule has 0 spiro atoms.